The van der Waals surface area contributed by atoms with Gasteiger partial charge >= 0.3 is 0 Å². The smallest absolute Gasteiger partial charge is 0.263 e. The topological polar surface area (TPSA) is 64.9 Å². The van der Waals surface area contributed by atoms with Gasteiger partial charge in [0.25, 0.3) is 5.91 Å². The summed E-state index contributed by atoms with van der Waals surface area (Å²) < 4.78 is 0. The average Bonchev–Trinajstić information content (AvgIpc) is 2.15. The fraction of sp³-hybridized carbons (Fsp3) is 0.636. The zero-order valence-electron chi connectivity index (χ0n) is 9.79. The third-order valence-electron chi connectivity index (χ3n) is 1.60. The Morgan fingerprint density at radius 3 is 2.40 bits per heavy atom. The number of hydrogen-bond acceptors (Lipinski definition) is 3. The maximum Gasteiger partial charge on any atom is 0.263 e. The van der Waals surface area contributed by atoms with Gasteiger partial charge in [0.15, 0.2) is 0 Å². The van der Waals surface area contributed by atoms with Crippen LogP contribution in [0.5, 0.6) is 0 Å². The van der Waals surface area contributed by atoms with E-state index in [9.17, 15) is 4.79 Å². The lowest BCUT2D eigenvalue weighted by atomic mass is 10.2. The van der Waals surface area contributed by atoms with Crippen LogP contribution >= 0.6 is 0 Å². The Morgan fingerprint density at radius 1 is 1.40 bits per heavy atom. The van der Waals surface area contributed by atoms with Crippen LogP contribution in [0.1, 0.15) is 27.7 Å². The van der Waals surface area contributed by atoms with Crippen LogP contribution in [0.25, 0.3) is 0 Å². The van der Waals surface area contributed by atoms with Gasteiger partial charge in [0.1, 0.15) is 11.6 Å². The molecule has 0 bridgehead atoms. The lowest BCUT2D eigenvalue weighted by molar-refractivity contribution is -0.117. The number of nitrogens with one attached hydrogen (secondary N) is 2. The fourth-order valence-electron chi connectivity index (χ4n) is 0.791. The molecule has 0 aromatic rings. The van der Waals surface area contributed by atoms with Crippen molar-refractivity contribution in [2.24, 2.45) is 5.92 Å². The lowest BCUT2D eigenvalue weighted by Crippen LogP contribution is -2.29. The average molecular weight is 209 g/mol. The molecule has 0 atom stereocenters. The second kappa shape index (κ2) is 6.88. The molecular weight excluding hydrogens is 190 g/mol. The zero-order chi connectivity index (χ0) is 11.8. The van der Waals surface area contributed by atoms with Crippen LogP contribution in [-0.4, -0.2) is 18.5 Å². The van der Waals surface area contributed by atoms with Crippen LogP contribution in [0.3, 0.4) is 0 Å². The molecule has 0 saturated carbocycles. The van der Waals surface area contributed by atoms with Crippen LogP contribution < -0.4 is 10.6 Å². The van der Waals surface area contributed by atoms with Gasteiger partial charge < -0.3 is 10.6 Å². The second-order valence-electron chi connectivity index (χ2n) is 4.10. The summed E-state index contributed by atoms with van der Waals surface area (Å²) in [6.45, 7) is 8.47. The Hall–Kier alpha value is -1.50. The highest BCUT2D eigenvalue weighted by Crippen LogP contribution is 1.94. The fourth-order valence-corrected chi connectivity index (χ4v) is 0.791. The van der Waals surface area contributed by atoms with E-state index in [2.05, 4.69) is 10.6 Å². The van der Waals surface area contributed by atoms with Gasteiger partial charge in [-0.05, 0) is 19.8 Å². The number of carbonyl (C=O) groups excluding carboxylic acids is 1. The molecule has 0 aliphatic heterocycles. The van der Waals surface area contributed by atoms with Crippen molar-refractivity contribution in [1.82, 2.24) is 10.6 Å². The molecule has 4 nitrogen and oxygen atoms in total. The van der Waals surface area contributed by atoms with E-state index in [-0.39, 0.29) is 17.5 Å². The Morgan fingerprint density at radius 2 is 2.00 bits per heavy atom. The third-order valence-corrected chi connectivity index (χ3v) is 1.60. The highest BCUT2D eigenvalue weighted by atomic mass is 16.1. The Labute approximate surface area is 91.4 Å². The highest BCUT2D eigenvalue weighted by molar-refractivity contribution is 5.97. The van der Waals surface area contributed by atoms with Crippen molar-refractivity contribution in [2.45, 2.75) is 33.7 Å². The summed E-state index contributed by atoms with van der Waals surface area (Å²) in [6, 6.07) is 2.08. The number of carbonyl (C=O) groups is 1. The van der Waals surface area contributed by atoms with Crippen molar-refractivity contribution in [1.29, 1.82) is 5.26 Å². The van der Waals surface area contributed by atoms with Gasteiger partial charge in [0, 0.05) is 18.8 Å². The molecule has 0 radical (unpaired) electrons. The van der Waals surface area contributed by atoms with Crippen molar-refractivity contribution in [3.05, 3.63) is 11.8 Å². The summed E-state index contributed by atoms with van der Waals surface area (Å²) in [7, 11) is 0. The monoisotopic (exact) mass is 209 g/mol. The van der Waals surface area contributed by atoms with E-state index in [4.69, 9.17) is 5.26 Å². The van der Waals surface area contributed by atoms with E-state index in [0.29, 0.717) is 12.5 Å². The predicted molar refractivity (Wildman–Crippen MR) is 59.8 cm³/mol. The van der Waals surface area contributed by atoms with Gasteiger partial charge in [-0.2, -0.15) is 5.26 Å². The van der Waals surface area contributed by atoms with Crippen LogP contribution in [0, 0.1) is 17.2 Å². The second-order valence-corrected chi connectivity index (χ2v) is 4.10. The summed E-state index contributed by atoms with van der Waals surface area (Å²) >= 11 is 0. The Balaban J connectivity index is 4.24. The standard InChI is InChI=1S/C11H19N3O/c1-8(2)6-14-11(15)10(5-12)7-13-9(3)4/h7-9,13H,6H2,1-4H3,(H,14,15)/b10-7-. The number of hydrogen-bond donors (Lipinski definition) is 2. The van der Waals surface area contributed by atoms with Crippen LogP contribution in [0.15, 0.2) is 11.8 Å². The van der Waals surface area contributed by atoms with Crippen molar-refractivity contribution in [2.75, 3.05) is 6.54 Å². The minimum absolute atomic E-state index is 0.115. The van der Waals surface area contributed by atoms with E-state index >= 15 is 0 Å². The molecule has 0 aliphatic carbocycles. The van der Waals surface area contributed by atoms with Crippen molar-refractivity contribution in [3.63, 3.8) is 0 Å². The van der Waals surface area contributed by atoms with Crippen LogP contribution in [0.4, 0.5) is 0 Å². The largest absolute Gasteiger partial charge is 0.387 e. The normalized spacial score (nSPS) is 11.4. The van der Waals surface area contributed by atoms with Gasteiger partial charge in [0.2, 0.25) is 0 Å². The minimum atomic E-state index is -0.320. The van der Waals surface area contributed by atoms with E-state index in [1.165, 1.54) is 6.20 Å². The summed E-state index contributed by atoms with van der Waals surface area (Å²) in [6.07, 6.45) is 1.46. The molecule has 0 fully saturated rings. The first-order valence-electron chi connectivity index (χ1n) is 5.11. The Bertz CT molecular complexity index is 274. The van der Waals surface area contributed by atoms with Crippen LogP contribution in [0.2, 0.25) is 0 Å². The first-order valence-corrected chi connectivity index (χ1v) is 5.11. The van der Waals surface area contributed by atoms with Crippen molar-refractivity contribution in [3.8, 4) is 6.07 Å². The SMILES string of the molecule is CC(C)CNC(=O)/C(C#N)=C\NC(C)C. The molecule has 2 N–H and O–H groups in total. The molecule has 1 amide bonds. The van der Waals surface area contributed by atoms with Gasteiger partial charge in [-0.25, -0.2) is 0 Å². The molecule has 0 heterocycles. The van der Waals surface area contributed by atoms with E-state index in [1.807, 2.05) is 33.8 Å². The summed E-state index contributed by atoms with van der Waals surface area (Å²) in [4.78, 5) is 11.4. The summed E-state index contributed by atoms with van der Waals surface area (Å²) in [5.41, 5.74) is 0.115. The van der Waals surface area contributed by atoms with Crippen LogP contribution in [-0.2, 0) is 4.79 Å². The number of nitrogens with zero attached hydrogens (tertiary/aromatic N) is 1. The molecule has 0 spiro atoms. The van der Waals surface area contributed by atoms with Gasteiger partial charge in [-0.1, -0.05) is 13.8 Å². The van der Waals surface area contributed by atoms with E-state index < -0.39 is 0 Å². The number of amides is 1. The maximum absolute atomic E-state index is 11.4. The highest BCUT2D eigenvalue weighted by Gasteiger charge is 2.08. The molecule has 15 heavy (non-hydrogen) atoms. The first-order chi connectivity index (χ1) is 6.97. The summed E-state index contributed by atoms with van der Waals surface area (Å²) in [5, 5.41) is 14.4. The van der Waals surface area contributed by atoms with Gasteiger partial charge in [-0.3, -0.25) is 4.79 Å². The van der Waals surface area contributed by atoms with Crippen molar-refractivity contribution < 1.29 is 4.79 Å². The van der Waals surface area contributed by atoms with Gasteiger partial charge in [-0.15, -0.1) is 0 Å². The zero-order valence-corrected chi connectivity index (χ0v) is 9.79. The molecule has 0 unspecified atom stereocenters. The minimum Gasteiger partial charge on any atom is -0.387 e. The number of nitriles is 1. The Kier molecular flexibility index (Phi) is 6.19. The molecule has 0 saturated heterocycles. The molecule has 0 aromatic heterocycles. The molecule has 0 rings (SSSR count). The van der Waals surface area contributed by atoms with E-state index in [1.54, 1.807) is 0 Å². The molecule has 4 heteroatoms. The maximum atomic E-state index is 11.4. The van der Waals surface area contributed by atoms with Gasteiger partial charge in [0.05, 0.1) is 0 Å². The summed E-state index contributed by atoms with van der Waals surface area (Å²) in [5.74, 6) is 0.0614. The lowest BCUT2D eigenvalue weighted by Gasteiger charge is -2.08. The molecule has 84 valence electrons. The van der Waals surface area contributed by atoms with E-state index in [0.717, 1.165) is 0 Å². The first kappa shape index (κ1) is 13.5. The number of rotatable bonds is 5. The van der Waals surface area contributed by atoms with Crippen molar-refractivity contribution >= 4 is 5.91 Å². The molecular formula is C11H19N3O. The third kappa shape index (κ3) is 6.55. The quantitative estimate of drug-likeness (QED) is 0.527. The predicted octanol–water partition coefficient (Wildman–Crippen LogP) is 1.16. The molecule has 0 aromatic carbocycles. The molecule has 0 aliphatic rings.